The van der Waals surface area contributed by atoms with Crippen LogP contribution in [-0.4, -0.2) is 45.3 Å². The Balaban J connectivity index is 0.000000429. The standard InChI is InChI=1S/C20H17N3O2S3.C6H15N/c1-3-25-15-7-5-4-6-14(15)23-17-16(28-20(23)27)18(24)22(19(26)21-17)13-10-8-12(2)9-11-13;1-4-7(5-2)6-3/h4-11H,3H2,1-2H3,(H,21,26);4-6H2,1-3H3. The predicted molar refractivity (Wildman–Crippen MR) is 152 cm³/mol. The van der Waals surface area contributed by atoms with E-state index in [2.05, 4.69) is 30.7 Å². The lowest BCUT2D eigenvalue weighted by Gasteiger charge is -2.13. The minimum Gasteiger partial charge on any atom is -0.492 e. The Morgan fingerprint density at radius 2 is 1.57 bits per heavy atom. The maximum atomic E-state index is 13.2. The molecule has 0 radical (unpaired) electrons. The van der Waals surface area contributed by atoms with Crippen LogP contribution in [0.3, 0.4) is 0 Å². The highest BCUT2D eigenvalue weighted by Crippen LogP contribution is 2.29. The number of hydrogen-bond acceptors (Lipinski definition) is 6. The summed E-state index contributed by atoms with van der Waals surface area (Å²) in [5, 5.41) is 0. The highest BCUT2D eigenvalue weighted by atomic mass is 32.1. The number of thiazole rings is 1. The predicted octanol–water partition coefficient (Wildman–Crippen LogP) is 6.69. The molecular weight excluding hydrogens is 497 g/mol. The topological polar surface area (TPSA) is 55.2 Å². The molecule has 4 aromatic rings. The summed E-state index contributed by atoms with van der Waals surface area (Å²) in [5.74, 6) is 0.697. The van der Waals surface area contributed by atoms with E-state index in [1.54, 1.807) is 0 Å². The van der Waals surface area contributed by atoms with Crippen molar-refractivity contribution in [1.29, 1.82) is 0 Å². The van der Waals surface area contributed by atoms with Crippen molar-refractivity contribution in [2.45, 2.75) is 34.6 Å². The van der Waals surface area contributed by atoms with Gasteiger partial charge in [0.1, 0.15) is 16.1 Å². The molecule has 0 saturated carbocycles. The molecule has 2 aromatic heterocycles. The second kappa shape index (κ2) is 12.4. The van der Waals surface area contributed by atoms with Crippen molar-refractivity contribution in [3.05, 3.63) is 73.2 Å². The van der Waals surface area contributed by atoms with E-state index >= 15 is 0 Å². The smallest absolute Gasteiger partial charge is 0.278 e. The highest BCUT2D eigenvalue weighted by Gasteiger charge is 2.17. The first-order valence-electron chi connectivity index (χ1n) is 11.8. The van der Waals surface area contributed by atoms with E-state index in [9.17, 15) is 4.79 Å². The highest BCUT2D eigenvalue weighted by molar-refractivity contribution is 7.73. The van der Waals surface area contributed by atoms with Crippen molar-refractivity contribution in [2.75, 3.05) is 26.2 Å². The fourth-order valence-electron chi connectivity index (χ4n) is 3.72. The maximum absolute atomic E-state index is 13.2. The minimum atomic E-state index is -0.189. The van der Waals surface area contributed by atoms with Crippen molar-refractivity contribution in [3.63, 3.8) is 0 Å². The Bertz CT molecular complexity index is 1440. The van der Waals surface area contributed by atoms with Crippen LogP contribution in [0.15, 0.2) is 53.3 Å². The van der Waals surface area contributed by atoms with Gasteiger partial charge in [-0.05, 0) is 82.2 Å². The van der Waals surface area contributed by atoms with E-state index in [-0.39, 0.29) is 5.56 Å². The monoisotopic (exact) mass is 528 g/mol. The van der Waals surface area contributed by atoms with E-state index in [1.807, 2.05) is 66.9 Å². The van der Waals surface area contributed by atoms with Crippen LogP contribution < -0.4 is 10.3 Å². The average Bonchev–Trinajstić information content (AvgIpc) is 3.18. The first kappa shape index (κ1) is 27.0. The van der Waals surface area contributed by atoms with Gasteiger partial charge in [-0.15, -0.1) is 0 Å². The Morgan fingerprint density at radius 3 is 2.14 bits per heavy atom. The van der Waals surface area contributed by atoms with Gasteiger partial charge < -0.3 is 14.6 Å². The van der Waals surface area contributed by atoms with Gasteiger partial charge in [-0.3, -0.25) is 13.9 Å². The first-order valence-corrected chi connectivity index (χ1v) is 13.4. The number of aryl methyl sites for hydroxylation is 1. The summed E-state index contributed by atoms with van der Waals surface area (Å²) in [5.41, 5.74) is 3.01. The van der Waals surface area contributed by atoms with Gasteiger partial charge in [-0.1, -0.05) is 61.9 Å². The second-order valence-corrected chi connectivity index (χ2v) is 9.84. The van der Waals surface area contributed by atoms with Gasteiger partial charge in [0, 0.05) is 0 Å². The average molecular weight is 529 g/mol. The Kier molecular flexibility index (Phi) is 9.56. The van der Waals surface area contributed by atoms with Crippen LogP contribution in [-0.2, 0) is 0 Å². The molecule has 35 heavy (non-hydrogen) atoms. The van der Waals surface area contributed by atoms with Crippen LogP contribution >= 0.6 is 35.8 Å². The SMILES string of the molecule is CCN(CC)CC.CCOc1ccccc1-n1c(=S)sc2c(=O)n(-c3ccc(C)cc3)c(=S)[nH]c21. The minimum absolute atomic E-state index is 0.189. The van der Waals surface area contributed by atoms with Crippen LogP contribution in [0, 0.1) is 15.6 Å². The van der Waals surface area contributed by atoms with Gasteiger partial charge in [0.15, 0.2) is 8.73 Å². The van der Waals surface area contributed by atoms with Crippen molar-refractivity contribution in [3.8, 4) is 17.1 Å². The van der Waals surface area contributed by atoms with Crippen LogP contribution in [0.4, 0.5) is 0 Å². The summed E-state index contributed by atoms with van der Waals surface area (Å²) >= 11 is 12.4. The van der Waals surface area contributed by atoms with E-state index in [0.29, 0.717) is 31.4 Å². The number of aromatic amines is 1. The van der Waals surface area contributed by atoms with Gasteiger partial charge in [0.25, 0.3) is 5.56 Å². The third-order valence-corrected chi connectivity index (χ3v) is 7.32. The van der Waals surface area contributed by atoms with Crippen LogP contribution in [0.2, 0.25) is 0 Å². The molecule has 4 rings (SSSR count). The Morgan fingerprint density at radius 1 is 0.943 bits per heavy atom. The van der Waals surface area contributed by atoms with Gasteiger partial charge >= 0.3 is 0 Å². The molecule has 2 aromatic carbocycles. The number of para-hydroxylation sites is 2. The summed E-state index contributed by atoms with van der Waals surface area (Å²) in [7, 11) is 0. The number of H-pyrrole nitrogens is 1. The molecule has 2 heterocycles. The zero-order valence-electron chi connectivity index (χ0n) is 20.8. The second-order valence-electron chi connectivity index (χ2n) is 7.81. The summed E-state index contributed by atoms with van der Waals surface area (Å²) in [6.45, 7) is 14.6. The Labute approximate surface area is 220 Å². The van der Waals surface area contributed by atoms with Crippen molar-refractivity contribution >= 4 is 46.1 Å². The van der Waals surface area contributed by atoms with Crippen molar-refractivity contribution < 1.29 is 4.74 Å². The molecule has 0 aliphatic rings. The first-order chi connectivity index (χ1) is 16.9. The van der Waals surface area contributed by atoms with E-state index < -0.39 is 0 Å². The largest absolute Gasteiger partial charge is 0.492 e. The lowest BCUT2D eigenvalue weighted by Crippen LogP contribution is -2.21. The molecule has 0 aliphatic carbocycles. The molecule has 0 unspecified atom stereocenters. The van der Waals surface area contributed by atoms with E-state index in [1.165, 1.54) is 35.5 Å². The normalized spacial score (nSPS) is 10.9. The molecule has 0 fully saturated rings. The Hall–Kier alpha value is -2.59. The molecule has 0 bridgehead atoms. The fraction of sp³-hybridized carbons (Fsp3) is 0.346. The van der Waals surface area contributed by atoms with Gasteiger partial charge in [-0.2, -0.15) is 0 Å². The van der Waals surface area contributed by atoms with Crippen molar-refractivity contribution in [1.82, 2.24) is 19.0 Å². The zero-order valence-corrected chi connectivity index (χ0v) is 23.3. The lowest BCUT2D eigenvalue weighted by molar-refractivity contribution is 0.321. The van der Waals surface area contributed by atoms with Gasteiger partial charge in [-0.25, -0.2) is 0 Å². The summed E-state index contributed by atoms with van der Waals surface area (Å²) in [4.78, 5) is 18.8. The fourth-order valence-corrected chi connectivity index (χ4v) is 5.32. The molecule has 0 spiro atoms. The molecule has 186 valence electrons. The number of hydrogen-bond donors (Lipinski definition) is 1. The molecule has 0 saturated heterocycles. The van der Waals surface area contributed by atoms with E-state index in [4.69, 9.17) is 29.2 Å². The molecule has 6 nitrogen and oxygen atoms in total. The third kappa shape index (κ3) is 5.98. The number of fused-ring (bicyclic) bond motifs is 1. The molecule has 0 atom stereocenters. The molecule has 0 aliphatic heterocycles. The third-order valence-electron chi connectivity index (χ3n) is 5.68. The van der Waals surface area contributed by atoms with Crippen LogP contribution in [0.25, 0.3) is 21.7 Å². The number of ether oxygens (including phenoxy) is 1. The van der Waals surface area contributed by atoms with Crippen LogP contribution in [0.5, 0.6) is 5.75 Å². The van der Waals surface area contributed by atoms with Gasteiger partial charge in [0.05, 0.1) is 18.0 Å². The molecule has 1 N–H and O–H groups in total. The number of rotatable bonds is 7. The summed E-state index contributed by atoms with van der Waals surface area (Å²) < 4.78 is 10.4. The number of nitrogens with one attached hydrogen (secondary N) is 1. The summed E-state index contributed by atoms with van der Waals surface area (Å²) in [6.07, 6.45) is 0. The quantitative estimate of drug-likeness (QED) is 0.271. The molecular formula is C26H32N4O2S3. The number of aromatic nitrogens is 3. The zero-order chi connectivity index (χ0) is 25.5. The number of nitrogens with zero attached hydrogens (tertiary/aromatic N) is 3. The van der Waals surface area contributed by atoms with E-state index in [0.717, 1.165) is 16.9 Å². The maximum Gasteiger partial charge on any atom is 0.278 e. The van der Waals surface area contributed by atoms with Gasteiger partial charge in [0.2, 0.25) is 0 Å². The lowest BCUT2D eigenvalue weighted by atomic mass is 10.2. The number of benzene rings is 2. The van der Waals surface area contributed by atoms with Crippen LogP contribution in [0.1, 0.15) is 33.3 Å². The van der Waals surface area contributed by atoms with Crippen molar-refractivity contribution in [2.24, 2.45) is 0 Å². The molecule has 9 heteroatoms. The molecule has 0 amide bonds. The summed E-state index contributed by atoms with van der Waals surface area (Å²) in [6, 6.07) is 15.3.